The zero-order valence-corrected chi connectivity index (χ0v) is 19.4. The minimum Gasteiger partial charge on any atom is -0.497 e. The van der Waals surface area contributed by atoms with E-state index in [1.807, 2.05) is 29.2 Å². The molecule has 1 heterocycles. The largest absolute Gasteiger partial charge is 0.497 e. The number of methoxy groups -OCH3 is 1. The Balaban J connectivity index is 0.00000420. The molecule has 1 saturated heterocycles. The van der Waals surface area contributed by atoms with Gasteiger partial charge in [0.1, 0.15) is 17.5 Å². The van der Waals surface area contributed by atoms with Crippen molar-refractivity contribution in [2.45, 2.75) is 25.6 Å². The van der Waals surface area contributed by atoms with Crippen molar-refractivity contribution in [1.29, 1.82) is 0 Å². The number of aliphatic imine (C=N–C) groups is 1. The molecule has 1 fully saturated rings. The van der Waals surface area contributed by atoms with Crippen LogP contribution in [0, 0.1) is 0 Å². The van der Waals surface area contributed by atoms with Gasteiger partial charge in [-0.25, -0.2) is 0 Å². The number of guanidine groups is 1. The van der Waals surface area contributed by atoms with E-state index < -0.39 is 12.2 Å². The Morgan fingerprint density at radius 2 is 1.86 bits per heavy atom. The second-order valence-electron chi connectivity index (χ2n) is 6.60. The SMILES string of the molecule is CN=C(NCCCOc1cccc(OC)c1)N1CCN(C(C)C(F)(F)F)CC1.I. The van der Waals surface area contributed by atoms with Crippen LogP contribution in [0.3, 0.4) is 0 Å². The van der Waals surface area contributed by atoms with Crippen LogP contribution in [0.5, 0.6) is 11.5 Å². The average molecular weight is 530 g/mol. The van der Waals surface area contributed by atoms with E-state index in [0.717, 1.165) is 17.9 Å². The molecule has 2 rings (SSSR count). The van der Waals surface area contributed by atoms with Crippen LogP contribution in [0.2, 0.25) is 0 Å². The van der Waals surface area contributed by atoms with E-state index in [9.17, 15) is 13.2 Å². The summed E-state index contributed by atoms with van der Waals surface area (Å²) in [4.78, 5) is 7.69. The summed E-state index contributed by atoms with van der Waals surface area (Å²) >= 11 is 0. The van der Waals surface area contributed by atoms with Gasteiger partial charge in [0.2, 0.25) is 0 Å². The summed E-state index contributed by atoms with van der Waals surface area (Å²) < 4.78 is 49.4. The summed E-state index contributed by atoms with van der Waals surface area (Å²) in [5.74, 6) is 2.20. The minimum atomic E-state index is -4.19. The molecule has 0 aliphatic carbocycles. The molecule has 1 aliphatic heterocycles. The lowest BCUT2D eigenvalue weighted by Gasteiger charge is -2.39. The van der Waals surface area contributed by atoms with Crippen molar-refractivity contribution in [3.63, 3.8) is 0 Å². The molecule has 0 aromatic heterocycles. The number of benzene rings is 1. The van der Waals surface area contributed by atoms with Crippen molar-refractivity contribution in [2.24, 2.45) is 4.99 Å². The number of ether oxygens (including phenoxy) is 2. The second-order valence-corrected chi connectivity index (χ2v) is 6.60. The fraction of sp³-hybridized carbons (Fsp3) is 0.632. The molecule has 0 amide bonds. The lowest BCUT2D eigenvalue weighted by Crippen LogP contribution is -2.56. The lowest BCUT2D eigenvalue weighted by molar-refractivity contribution is -0.181. The quantitative estimate of drug-likeness (QED) is 0.254. The van der Waals surface area contributed by atoms with Crippen LogP contribution in [0.4, 0.5) is 13.2 Å². The standard InChI is InChI=1S/C19H29F3N4O2.HI/c1-15(19(20,21)22)25-9-11-26(12-10-25)18(23-2)24-8-5-13-28-17-7-4-6-16(14-17)27-3;/h4,6-7,14-15H,5,8-13H2,1-3H3,(H,23,24);1H. The van der Waals surface area contributed by atoms with E-state index in [2.05, 4.69) is 10.3 Å². The van der Waals surface area contributed by atoms with Crippen molar-refractivity contribution >= 4 is 29.9 Å². The first-order chi connectivity index (χ1) is 13.3. The third-order valence-electron chi connectivity index (χ3n) is 4.76. The highest BCUT2D eigenvalue weighted by Gasteiger charge is 2.41. The van der Waals surface area contributed by atoms with Crippen molar-refractivity contribution in [3.8, 4) is 11.5 Å². The molecule has 29 heavy (non-hydrogen) atoms. The smallest absolute Gasteiger partial charge is 0.403 e. The summed E-state index contributed by atoms with van der Waals surface area (Å²) in [6.45, 7) is 4.16. The van der Waals surface area contributed by atoms with Crippen molar-refractivity contribution in [2.75, 3.05) is 53.5 Å². The molecular formula is C19H30F3IN4O2. The third kappa shape index (κ3) is 8.07. The molecule has 1 N–H and O–H groups in total. The summed E-state index contributed by atoms with van der Waals surface area (Å²) in [5.41, 5.74) is 0. The Morgan fingerprint density at radius 1 is 1.21 bits per heavy atom. The highest BCUT2D eigenvalue weighted by Crippen LogP contribution is 2.25. The van der Waals surface area contributed by atoms with E-state index in [1.165, 1.54) is 11.8 Å². The van der Waals surface area contributed by atoms with E-state index in [4.69, 9.17) is 9.47 Å². The summed E-state index contributed by atoms with van der Waals surface area (Å²) in [6.07, 6.45) is -3.42. The maximum atomic E-state index is 12.8. The highest BCUT2D eigenvalue weighted by molar-refractivity contribution is 14.0. The van der Waals surface area contributed by atoms with Crippen molar-refractivity contribution < 1.29 is 22.6 Å². The first-order valence-electron chi connectivity index (χ1n) is 9.38. The number of halogens is 4. The number of nitrogens with zero attached hydrogens (tertiary/aromatic N) is 3. The normalized spacial score (nSPS) is 16.8. The van der Waals surface area contributed by atoms with Crippen LogP contribution in [0.15, 0.2) is 29.3 Å². The number of nitrogens with one attached hydrogen (secondary N) is 1. The molecule has 1 aromatic carbocycles. The average Bonchev–Trinajstić information content (AvgIpc) is 2.70. The van der Waals surface area contributed by atoms with Gasteiger partial charge in [-0.3, -0.25) is 9.89 Å². The minimum absolute atomic E-state index is 0. The second kappa shape index (κ2) is 12.3. The van der Waals surface area contributed by atoms with Gasteiger partial charge in [-0.1, -0.05) is 6.07 Å². The first kappa shape index (κ1) is 25.6. The predicted octanol–water partition coefficient (Wildman–Crippen LogP) is 3.23. The van der Waals surface area contributed by atoms with Gasteiger partial charge in [0.05, 0.1) is 13.7 Å². The molecule has 166 valence electrons. The fourth-order valence-corrected chi connectivity index (χ4v) is 3.01. The summed E-state index contributed by atoms with van der Waals surface area (Å²) in [6, 6.07) is 6.00. The molecule has 0 spiro atoms. The zero-order chi connectivity index (χ0) is 20.6. The molecule has 0 radical (unpaired) electrons. The van der Waals surface area contributed by atoms with Crippen molar-refractivity contribution in [3.05, 3.63) is 24.3 Å². The van der Waals surface area contributed by atoms with Gasteiger partial charge in [0.25, 0.3) is 0 Å². The summed E-state index contributed by atoms with van der Waals surface area (Å²) in [5, 5.41) is 3.25. The molecule has 0 saturated carbocycles. The van der Waals surface area contributed by atoms with Crippen LogP contribution in [0.1, 0.15) is 13.3 Å². The molecule has 1 aromatic rings. The van der Waals surface area contributed by atoms with E-state index in [-0.39, 0.29) is 24.0 Å². The van der Waals surface area contributed by atoms with E-state index in [0.29, 0.717) is 45.3 Å². The first-order valence-corrected chi connectivity index (χ1v) is 9.38. The van der Waals surface area contributed by atoms with Gasteiger partial charge in [0, 0.05) is 45.8 Å². The number of hydrogen-bond donors (Lipinski definition) is 1. The monoisotopic (exact) mass is 530 g/mol. The molecule has 6 nitrogen and oxygen atoms in total. The number of hydrogen-bond acceptors (Lipinski definition) is 4. The van der Waals surface area contributed by atoms with Crippen LogP contribution in [-0.4, -0.2) is 81.5 Å². The van der Waals surface area contributed by atoms with Gasteiger partial charge < -0.3 is 19.7 Å². The van der Waals surface area contributed by atoms with E-state index >= 15 is 0 Å². The Labute approximate surface area is 187 Å². The van der Waals surface area contributed by atoms with Gasteiger partial charge in [-0.2, -0.15) is 13.2 Å². The molecule has 0 bridgehead atoms. The van der Waals surface area contributed by atoms with Crippen LogP contribution in [-0.2, 0) is 0 Å². The molecular weight excluding hydrogens is 500 g/mol. The van der Waals surface area contributed by atoms with Gasteiger partial charge in [0.15, 0.2) is 5.96 Å². The summed E-state index contributed by atoms with van der Waals surface area (Å²) in [7, 11) is 3.29. The molecule has 1 aliphatic rings. The Hall–Kier alpha value is -1.43. The maximum absolute atomic E-state index is 12.8. The fourth-order valence-electron chi connectivity index (χ4n) is 3.01. The van der Waals surface area contributed by atoms with Gasteiger partial charge in [-0.05, 0) is 25.5 Å². The zero-order valence-electron chi connectivity index (χ0n) is 17.0. The third-order valence-corrected chi connectivity index (χ3v) is 4.76. The lowest BCUT2D eigenvalue weighted by atomic mass is 10.2. The Kier molecular flexibility index (Phi) is 10.9. The van der Waals surface area contributed by atoms with Gasteiger partial charge >= 0.3 is 6.18 Å². The van der Waals surface area contributed by atoms with Crippen LogP contribution >= 0.6 is 24.0 Å². The van der Waals surface area contributed by atoms with Crippen LogP contribution < -0.4 is 14.8 Å². The number of alkyl halides is 3. The number of piperazine rings is 1. The van der Waals surface area contributed by atoms with E-state index in [1.54, 1.807) is 14.2 Å². The Bertz CT molecular complexity index is 638. The van der Waals surface area contributed by atoms with Crippen molar-refractivity contribution in [1.82, 2.24) is 15.1 Å². The molecule has 1 atom stereocenters. The van der Waals surface area contributed by atoms with Crippen LogP contribution in [0.25, 0.3) is 0 Å². The number of rotatable bonds is 7. The van der Waals surface area contributed by atoms with Gasteiger partial charge in [-0.15, -0.1) is 24.0 Å². The highest BCUT2D eigenvalue weighted by atomic mass is 127. The predicted molar refractivity (Wildman–Crippen MR) is 119 cm³/mol. The maximum Gasteiger partial charge on any atom is 0.403 e. The topological polar surface area (TPSA) is 49.3 Å². The molecule has 1 unspecified atom stereocenters. The Morgan fingerprint density at radius 3 is 2.45 bits per heavy atom. The molecule has 10 heteroatoms.